The number of benzene rings is 1. The second-order valence-electron chi connectivity index (χ2n) is 18.8. The molecule has 1 aromatic carbocycles. The van der Waals surface area contributed by atoms with Gasteiger partial charge in [0.25, 0.3) is 0 Å². The van der Waals surface area contributed by atoms with Crippen molar-refractivity contribution in [3.63, 3.8) is 0 Å². The molecule has 0 unspecified atom stereocenters. The maximum Gasteiger partial charge on any atom is 0.304 e. The van der Waals surface area contributed by atoms with Crippen LogP contribution in [0.3, 0.4) is 0 Å². The summed E-state index contributed by atoms with van der Waals surface area (Å²) in [7, 11) is 1.53. The van der Waals surface area contributed by atoms with Gasteiger partial charge in [0.2, 0.25) is 17.7 Å². The summed E-state index contributed by atoms with van der Waals surface area (Å²) in [5.41, 5.74) is 7.92. The fourth-order valence-electron chi connectivity index (χ4n) is 10.1. The molecule has 0 radical (unpaired) electrons. The molecule has 3 amide bonds. The molecule has 2 aromatic heterocycles. The molecule has 3 aromatic rings. The zero-order valence-electron chi connectivity index (χ0n) is 39.3. The Labute approximate surface area is 389 Å². The number of aliphatic hydroxyl groups is 1. The molecule has 7 rings (SSSR count). The van der Waals surface area contributed by atoms with Crippen molar-refractivity contribution in [1.29, 1.82) is 0 Å². The number of aliphatic carboxylic acids is 1. The number of nitrogens with zero attached hydrogens (tertiary/aromatic N) is 7. The lowest BCUT2D eigenvalue weighted by Gasteiger charge is -2.37. The van der Waals surface area contributed by atoms with E-state index < -0.39 is 12.1 Å². The van der Waals surface area contributed by atoms with Gasteiger partial charge < -0.3 is 45.2 Å². The number of aromatic nitrogens is 3. The molecule has 4 aliphatic rings. The number of rotatable bonds is 21. The van der Waals surface area contributed by atoms with Crippen molar-refractivity contribution in [2.24, 2.45) is 5.92 Å². The monoisotopic (exact) mass is 910 g/mol. The Morgan fingerprint density at radius 3 is 2.52 bits per heavy atom. The Morgan fingerprint density at radius 2 is 1.74 bits per heavy atom. The number of piperazine rings is 1. The number of fused-ring (bicyclic) bond motifs is 1. The molecule has 16 nitrogen and oxygen atoms in total. The normalized spacial score (nSPS) is 19.8. The van der Waals surface area contributed by atoms with Gasteiger partial charge in [0.15, 0.2) is 0 Å². The average Bonchev–Trinajstić information content (AvgIpc) is 4.02. The quantitative estimate of drug-likeness (QED) is 0.0797. The SMILES string of the molecule is CO/C=C1/C[C@@H](O)CN1C(=O)CCCCCNC(=O)CCCC(=O)N1CCN(c2cc([C@@H](CC(=O)O)CN3CC[C@@H](CCc4ccc5c(n4)NCCC5)C3)cc(-n3nc(C)cc3C)c2)CC1. The predicted octanol–water partition coefficient (Wildman–Crippen LogP) is 5.33. The van der Waals surface area contributed by atoms with Crippen LogP contribution in [0.1, 0.15) is 111 Å². The first-order valence-corrected chi connectivity index (χ1v) is 24.3. The van der Waals surface area contributed by atoms with Gasteiger partial charge in [0, 0.05) is 101 Å². The number of anilines is 2. The molecule has 4 N–H and O–H groups in total. The fourth-order valence-corrected chi connectivity index (χ4v) is 10.1. The number of pyridine rings is 1. The Bertz CT molecular complexity index is 2180. The highest BCUT2D eigenvalue weighted by Crippen LogP contribution is 2.33. The van der Waals surface area contributed by atoms with E-state index in [0.717, 1.165) is 104 Å². The summed E-state index contributed by atoms with van der Waals surface area (Å²) >= 11 is 0. The predicted molar refractivity (Wildman–Crippen MR) is 253 cm³/mol. The number of carbonyl (C=O) groups is 4. The van der Waals surface area contributed by atoms with E-state index >= 15 is 0 Å². The van der Waals surface area contributed by atoms with Gasteiger partial charge in [0.1, 0.15) is 12.1 Å². The second-order valence-corrected chi connectivity index (χ2v) is 18.8. The van der Waals surface area contributed by atoms with Gasteiger partial charge in [-0.05, 0) is 119 Å². The topological polar surface area (TPSA) is 186 Å². The van der Waals surface area contributed by atoms with E-state index in [-0.39, 0.29) is 43.0 Å². The summed E-state index contributed by atoms with van der Waals surface area (Å²) in [6.45, 7) is 10.7. The molecule has 0 saturated carbocycles. The minimum absolute atomic E-state index is 0.0243. The molecule has 16 heteroatoms. The van der Waals surface area contributed by atoms with Crippen LogP contribution in [0.2, 0.25) is 0 Å². The van der Waals surface area contributed by atoms with E-state index in [9.17, 15) is 29.4 Å². The van der Waals surface area contributed by atoms with Gasteiger partial charge in [-0.25, -0.2) is 9.67 Å². The van der Waals surface area contributed by atoms with Crippen LogP contribution in [0, 0.1) is 19.8 Å². The van der Waals surface area contributed by atoms with Crippen LogP contribution in [0.4, 0.5) is 11.5 Å². The Balaban J connectivity index is 0.877. The molecule has 0 spiro atoms. The van der Waals surface area contributed by atoms with E-state index in [1.54, 1.807) is 4.90 Å². The number of nitrogens with one attached hydrogen (secondary N) is 2. The number of carboxylic acid groups (broad SMARTS) is 1. The smallest absolute Gasteiger partial charge is 0.304 e. The van der Waals surface area contributed by atoms with E-state index in [1.807, 2.05) is 29.5 Å². The Hall–Kier alpha value is -5.48. The Kier molecular flexibility index (Phi) is 17.1. The largest absolute Gasteiger partial charge is 0.503 e. The number of likely N-dealkylation sites (tertiary alicyclic amines) is 2. The molecule has 3 saturated heterocycles. The molecule has 0 bridgehead atoms. The van der Waals surface area contributed by atoms with Crippen LogP contribution >= 0.6 is 0 Å². The number of unbranched alkanes of at least 4 members (excludes halogenated alkanes) is 2. The summed E-state index contributed by atoms with van der Waals surface area (Å²) in [6.07, 6.45) is 10.3. The first-order valence-electron chi connectivity index (χ1n) is 24.3. The summed E-state index contributed by atoms with van der Waals surface area (Å²) < 4.78 is 6.99. The summed E-state index contributed by atoms with van der Waals surface area (Å²) in [4.78, 5) is 64.0. The third-order valence-electron chi connectivity index (χ3n) is 13.6. The highest BCUT2D eigenvalue weighted by molar-refractivity contribution is 5.79. The fraction of sp³-hybridized carbons (Fsp3) is 0.600. The first-order chi connectivity index (χ1) is 31.9. The van der Waals surface area contributed by atoms with Gasteiger partial charge in [-0.2, -0.15) is 5.10 Å². The minimum Gasteiger partial charge on any atom is -0.503 e. The molecule has 66 heavy (non-hydrogen) atoms. The highest BCUT2D eigenvalue weighted by Gasteiger charge is 2.31. The summed E-state index contributed by atoms with van der Waals surface area (Å²) in [5, 5.41) is 31.3. The third-order valence-corrected chi connectivity index (χ3v) is 13.6. The lowest BCUT2D eigenvalue weighted by atomic mass is 9.93. The molecule has 4 aliphatic heterocycles. The number of β-amino-alcohol motifs (C(OH)–C–C–N with tert-alkyl or cyclic N) is 1. The van der Waals surface area contributed by atoms with Crippen LogP contribution in [-0.4, -0.2) is 142 Å². The van der Waals surface area contributed by atoms with Gasteiger partial charge in [-0.15, -0.1) is 0 Å². The number of methoxy groups -OCH3 is 1. The first kappa shape index (κ1) is 48.5. The highest BCUT2D eigenvalue weighted by atomic mass is 16.5. The van der Waals surface area contributed by atoms with Crippen molar-refractivity contribution >= 4 is 35.2 Å². The van der Waals surface area contributed by atoms with Crippen molar-refractivity contribution in [3.05, 3.63) is 76.6 Å². The lowest BCUT2D eigenvalue weighted by Crippen LogP contribution is -2.48. The maximum absolute atomic E-state index is 13.3. The van der Waals surface area contributed by atoms with Crippen molar-refractivity contribution in [1.82, 2.24) is 34.8 Å². The molecule has 3 atom stereocenters. The van der Waals surface area contributed by atoms with Crippen molar-refractivity contribution in [3.8, 4) is 5.69 Å². The number of carboxylic acids is 1. The number of ether oxygens (including phenoxy) is 1. The number of amides is 3. The number of aliphatic hydroxyl groups excluding tert-OH is 1. The molecule has 6 heterocycles. The summed E-state index contributed by atoms with van der Waals surface area (Å²) in [5.74, 6) is 0.471. The van der Waals surface area contributed by atoms with Crippen LogP contribution < -0.4 is 15.5 Å². The van der Waals surface area contributed by atoms with E-state index in [2.05, 4.69) is 50.8 Å². The maximum atomic E-state index is 13.3. The van der Waals surface area contributed by atoms with Crippen LogP contribution in [0.15, 0.2) is 48.4 Å². The van der Waals surface area contributed by atoms with Crippen LogP contribution in [-0.2, 0) is 36.8 Å². The van der Waals surface area contributed by atoms with Gasteiger partial charge >= 0.3 is 5.97 Å². The van der Waals surface area contributed by atoms with Crippen molar-refractivity contribution < 1.29 is 34.1 Å². The Morgan fingerprint density at radius 1 is 0.939 bits per heavy atom. The number of hydrogen-bond acceptors (Lipinski definition) is 11. The van der Waals surface area contributed by atoms with E-state index in [0.29, 0.717) is 83.0 Å². The lowest BCUT2D eigenvalue weighted by molar-refractivity contribution is -0.137. The zero-order chi connectivity index (χ0) is 46.6. The van der Waals surface area contributed by atoms with Gasteiger partial charge in [-0.1, -0.05) is 12.5 Å². The standard InChI is InChI=1S/C50H71N9O7/c1-35-25-36(2)59(54-35)43-27-39(40(28-49(64)65)32-55-20-17-37(31-55)13-15-41-16-14-38-9-8-19-52-50(38)53-41)26-42(29-43)56-21-23-57(24-22-56)47(62)12-7-10-46(61)51-18-6-4-5-11-48(63)58-33-45(60)30-44(58)34-66-3/h14,16,25-27,29,34,37,40,45,60H,4-13,15,17-24,28,30-33H2,1-3H3,(H,51,61)(H,52,53)(H,64,65)/b44-34-/t37-,40+,45-/m1/s1. The van der Waals surface area contributed by atoms with E-state index in [4.69, 9.17) is 14.8 Å². The van der Waals surface area contributed by atoms with Gasteiger partial charge in [0.05, 0.1) is 43.3 Å². The van der Waals surface area contributed by atoms with E-state index in [1.165, 1.54) is 18.9 Å². The minimum atomic E-state index is -0.818. The van der Waals surface area contributed by atoms with Crippen molar-refractivity contribution in [2.45, 2.75) is 116 Å². The number of aryl methyl sites for hydroxylation is 4. The zero-order valence-corrected chi connectivity index (χ0v) is 39.3. The molecule has 0 aliphatic carbocycles. The molecular formula is C50H71N9O7. The average molecular weight is 910 g/mol. The number of carbonyl (C=O) groups excluding carboxylic acids is 3. The van der Waals surface area contributed by atoms with Gasteiger partial charge in [-0.3, -0.25) is 19.2 Å². The molecule has 358 valence electrons. The summed E-state index contributed by atoms with van der Waals surface area (Å²) in [6, 6.07) is 12.8. The second kappa shape index (κ2) is 23.3. The third kappa shape index (κ3) is 13.3. The van der Waals surface area contributed by atoms with Crippen molar-refractivity contribution in [2.75, 3.05) is 82.8 Å². The molecule has 3 fully saturated rings. The van der Waals surface area contributed by atoms with Crippen LogP contribution in [0.25, 0.3) is 5.69 Å². The molecular weight excluding hydrogens is 839 g/mol. The van der Waals surface area contributed by atoms with Crippen LogP contribution in [0.5, 0.6) is 0 Å². The number of hydrogen-bond donors (Lipinski definition) is 4.